The number of rotatable bonds is 7. The van der Waals surface area contributed by atoms with Crippen LogP contribution >= 0.6 is 0 Å². The molecule has 1 aromatic heterocycles. The SMILES string of the molecule is CC(=O)N1CCCN(CCS(=O)(=O)N(C)c2c3c(c(O)c4ncccc24)C(=O)N(Cc2ccc(F)cc2)C3)CC1. The van der Waals surface area contributed by atoms with Crippen molar-refractivity contribution >= 4 is 38.4 Å². The lowest BCUT2D eigenvalue weighted by Gasteiger charge is -2.26. The molecule has 1 saturated heterocycles. The third-order valence-electron chi connectivity index (χ3n) is 7.68. The molecule has 0 atom stereocenters. The highest BCUT2D eigenvalue weighted by Crippen LogP contribution is 2.44. The number of aromatic hydroxyl groups is 1. The van der Waals surface area contributed by atoms with Gasteiger partial charge in [0.25, 0.3) is 5.91 Å². The second-order valence-electron chi connectivity index (χ2n) is 10.2. The van der Waals surface area contributed by atoms with Crippen LogP contribution in [0.2, 0.25) is 0 Å². The number of halogens is 1. The first-order valence-electron chi connectivity index (χ1n) is 13.2. The maximum Gasteiger partial charge on any atom is 0.258 e. The van der Waals surface area contributed by atoms with Crippen LogP contribution < -0.4 is 4.31 Å². The summed E-state index contributed by atoms with van der Waals surface area (Å²) in [7, 11) is -2.39. The van der Waals surface area contributed by atoms with Crippen molar-refractivity contribution in [1.82, 2.24) is 19.7 Å². The molecule has 2 aliphatic rings. The summed E-state index contributed by atoms with van der Waals surface area (Å²) in [6.45, 7) is 4.56. The number of carbonyl (C=O) groups excluding carboxylic acids is 2. The second kappa shape index (κ2) is 11.0. The number of anilines is 1. The van der Waals surface area contributed by atoms with Crippen LogP contribution in [-0.4, -0.2) is 90.5 Å². The van der Waals surface area contributed by atoms with Gasteiger partial charge < -0.3 is 19.8 Å². The van der Waals surface area contributed by atoms with Gasteiger partial charge in [-0.05, 0) is 42.8 Å². The van der Waals surface area contributed by atoms with Gasteiger partial charge in [0, 0.05) is 70.4 Å². The molecule has 2 aromatic carbocycles. The molecule has 40 heavy (non-hydrogen) atoms. The van der Waals surface area contributed by atoms with E-state index in [1.165, 1.54) is 41.5 Å². The van der Waals surface area contributed by atoms with Crippen LogP contribution in [-0.2, 0) is 27.9 Å². The van der Waals surface area contributed by atoms with Crippen molar-refractivity contribution in [1.29, 1.82) is 0 Å². The summed E-state index contributed by atoms with van der Waals surface area (Å²) in [6, 6.07) is 9.13. The van der Waals surface area contributed by atoms with Gasteiger partial charge in [-0.15, -0.1) is 0 Å². The highest BCUT2D eigenvalue weighted by Gasteiger charge is 2.37. The number of sulfonamides is 1. The lowest BCUT2D eigenvalue weighted by atomic mass is 10.0. The van der Waals surface area contributed by atoms with Gasteiger partial charge in [0.1, 0.15) is 11.3 Å². The van der Waals surface area contributed by atoms with E-state index in [9.17, 15) is 27.5 Å². The Morgan fingerprint density at radius 2 is 1.88 bits per heavy atom. The van der Waals surface area contributed by atoms with Gasteiger partial charge in [0.2, 0.25) is 15.9 Å². The number of fused-ring (bicyclic) bond motifs is 2. The van der Waals surface area contributed by atoms with E-state index in [4.69, 9.17) is 0 Å². The highest BCUT2D eigenvalue weighted by molar-refractivity contribution is 7.92. The van der Waals surface area contributed by atoms with Gasteiger partial charge in [-0.25, -0.2) is 12.8 Å². The predicted molar refractivity (Wildman–Crippen MR) is 149 cm³/mol. The first kappa shape index (κ1) is 27.8. The number of hydrogen-bond donors (Lipinski definition) is 1. The molecule has 0 saturated carbocycles. The second-order valence-corrected chi connectivity index (χ2v) is 12.3. The largest absolute Gasteiger partial charge is 0.505 e. The fraction of sp³-hybridized carbons (Fsp3) is 0.393. The van der Waals surface area contributed by atoms with Crippen molar-refractivity contribution in [2.75, 3.05) is 49.8 Å². The Kier molecular flexibility index (Phi) is 7.65. The van der Waals surface area contributed by atoms with Crippen molar-refractivity contribution in [3.8, 4) is 5.75 Å². The van der Waals surface area contributed by atoms with Gasteiger partial charge in [-0.3, -0.25) is 18.9 Å². The molecule has 0 bridgehead atoms. The molecule has 1 fully saturated rings. The van der Waals surface area contributed by atoms with Crippen molar-refractivity contribution in [2.45, 2.75) is 26.4 Å². The Balaban J connectivity index is 1.44. The number of carbonyl (C=O) groups is 2. The smallest absolute Gasteiger partial charge is 0.258 e. The molecule has 2 amide bonds. The third-order valence-corrected chi connectivity index (χ3v) is 9.40. The quantitative estimate of drug-likeness (QED) is 0.465. The molecule has 0 unspecified atom stereocenters. The molecule has 0 aliphatic carbocycles. The van der Waals surface area contributed by atoms with Crippen molar-refractivity contribution in [3.05, 3.63) is 65.1 Å². The van der Waals surface area contributed by atoms with E-state index in [1.54, 1.807) is 29.2 Å². The Morgan fingerprint density at radius 1 is 1.12 bits per heavy atom. The van der Waals surface area contributed by atoms with E-state index in [0.717, 1.165) is 6.42 Å². The van der Waals surface area contributed by atoms with Crippen LogP contribution in [0.1, 0.15) is 34.8 Å². The summed E-state index contributed by atoms with van der Waals surface area (Å²) in [5.74, 6) is -1.27. The van der Waals surface area contributed by atoms with Gasteiger partial charge in [-0.1, -0.05) is 12.1 Å². The molecular weight excluding hydrogens is 537 g/mol. The lowest BCUT2D eigenvalue weighted by Crippen LogP contribution is -2.38. The van der Waals surface area contributed by atoms with Gasteiger partial charge in [-0.2, -0.15) is 0 Å². The third kappa shape index (κ3) is 5.33. The number of phenolic OH excluding ortho intramolecular Hbond substituents is 1. The van der Waals surface area contributed by atoms with Gasteiger partial charge in [0.15, 0.2) is 5.75 Å². The molecule has 2 aliphatic heterocycles. The molecular formula is C28H32FN5O5S. The molecule has 212 valence electrons. The zero-order valence-corrected chi connectivity index (χ0v) is 23.3. The molecule has 12 heteroatoms. The van der Waals surface area contributed by atoms with Crippen LogP contribution in [0.3, 0.4) is 0 Å². The summed E-state index contributed by atoms with van der Waals surface area (Å²) in [5.41, 5.74) is 1.59. The minimum absolute atomic E-state index is 0.0129. The molecule has 1 N–H and O–H groups in total. The van der Waals surface area contributed by atoms with Gasteiger partial charge in [0.05, 0.1) is 17.0 Å². The topological polar surface area (TPSA) is 114 Å². The highest BCUT2D eigenvalue weighted by atomic mass is 32.2. The number of amides is 2. The van der Waals surface area contributed by atoms with Crippen LogP contribution in [0.4, 0.5) is 10.1 Å². The molecule has 0 spiro atoms. The van der Waals surface area contributed by atoms with E-state index < -0.39 is 15.9 Å². The monoisotopic (exact) mass is 569 g/mol. The van der Waals surface area contributed by atoms with Crippen molar-refractivity contribution < 1.29 is 27.5 Å². The van der Waals surface area contributed by atoms with Crippen LogP contribution in [0.15, 0.2) is 42.6 Å². The van der Waals surface area contributed by atoms with E-state index >= 15 is 0 Å². The van der Waals surface area contributed by atoms with E-state index in [0.29, 0.717) is 54.9 Å². The fourth-order valence-electron chi connectivity index (χ4n) is 5.46. The average molecular weight is 570 g/mol. The summed E-state index contributed by atoms with van der Waals surface area (Å²) in [5, 5.41) is 11.5. The first-order chi connectivity index (χ1) is 19.1. The first-order valence-corrected chi connectivity index (χ1v) is 14.8. The minimum atomic E-state index is -3.85. The lowest BCUT2D eigenvalue weighted by molar-refractivity contribution is -0.128. The van der Waals surface area contributed by atoms with E-state index in [2.05, 4.69) is 4.98 Å². The van der Waals surface area contributed by atoms with Crippen molar-refractivity contribution in [3.63, 3.8) is 0 Å². The summed E-state index contributed by atoms with van der Waals surface area (Å²) < 4.78 is 41.9. The number of nitrogens with zero attached hydrogens (tertiary/aromatic N) is 5. The summed E-state index contributed by atoms with van der Waals surface area (Å²) in [4.78, 5) is 34.8. The Hall–Kier alpha value is -3.77. The number of phenols is 1. The van der Waals surface area contributed by atoms with Crippen LogP contribution in [0.5, 0.6) is 5.75 Å². The number of hydrogen-bond acceptors (Lipinski definition) is 7. The zero-order chi connectivity index (χ0) is 28.6. The molecule has 10 nitrogen and oxygen atoms in total. The summed E-state index contributed by atoms with van der Waals surface area (Å²) in [6.07, 6.45) is 2.25. The Bertz CT molecular complexity index is 1560. The van der Waals surface area contributed by atoms with Crippen LogP contribution in [0, 0.1) is 5.82 Å². The predicted octanol–water partition coefficient (Wildman–Crippen LogP) is 2.56. The van der Waals surface area contributed by atoms with Crippen LogP contribution in [0.25, 0.3) is 10.9 Å². The van der Waals surface area contributed by atoms with E-state index in [1.807, 2.05) is 4.90 Å². The molecule has 3 heterocycles. The maximum absolute atomic E-state index is 13.7. The molecule has 5 rings (SSSR count). The molecule has 3 aromatic rings. The normalized spacial score (nSPS) is 16.3. The number of benzene rings is 2. The minimum Gasteiger partial charge on any atom is -0.505 e. The number of aromatic nitrogens is 1. The van der Waals surface area contributed by atoms with Gasteiger partial charge >= 0.3 is 0 Å². The maximum atomic E-state index is 13.7. The average Bonchev–Trinajstić information content (AvgIpc) is 3.09. The zero-order valence-electron chi connectivity index (χ0n) is 22.5. The Morgan fingerprint density at radius 3 is 2.60 bits per heavy atom. The standard InChI is InChI=1S/C28H32FN5O5S/c1-19(35)33-12-4-11-32(13-14-33)15-16-40(38,39)31(2)26-22-5-3-10-30-25(22)27(36)24-23(26)18-34(28(24)37)17-20-6-8-21(29)9-7-20/h3,5-10,36H,4,11-18H2,1-2H3. The van der Waals surface area contributed by atoms with E-state index in [-0.39, 0.29) is 47.4 Å². The summed E-state index contributed by atoms with van der Waals surface area (Å²) >= 11 is 0. The number of pyridine rings is 1. The van der Waals surface area contributed by atoms with Crippen molar-refractivity contribution in [2.24, 2.45) is 0 Å². The fourth-order valence-corrected chi connectivity index (χ4v) is 6.71. The Labute approximate surface area is 232 Å². The molecule has 0 radical (unpaired) electrons.